The van der Waals surface area contributed by atoms with Crippen LogP contribution in [0.3, 0.4) is 0 Å². The molecule has 1 aliphatic rings. The minimum absolute atomic E-state index is 0.661. The largest absolute Gasteiger partial charge is 0.496 e. The number of likely N-dealkylation sites (N-methyl/N-ethyl adjacent to an activating group) is 1. The van der Waals surface area contributed by atoms with Crippen LogP contribution in [0.1, 0.15) is 24.5 Å². The highest BCUT2D eigenvalue weighted by Gasteiger charge is 2.20. The van der Waals surface area contributed by atoms with Crippen LogP contribution in [0.15, 0.2) is 18.2 Å². The number of benzene rings is 1. The van der Waals surface area contributed by atoms with Gasteiger partial charge in [0.05, 0.1) is 7.11 Å². The first-order valence-electron chi connectivity index (χ1n) is 6.82. The number of hydrogen-bond acceptors (Lipinski definition) is 3. The maximum Gasteiger partial charge on any atom is 0.122 e. The number of ether oxygens (including phenoxy) is 1. The lowest BCUT2D eigenvalue weighted by molar-refractivity contribution is 0.322. The van der Waals surface area contributed by atoms with Crippen molar-refractivity contribution < 1.29 is 4.74 Å². The molecule has 1 aromatic rings. The summed E-state index contributed by atoms with van der Waals surface area (Å²) in [7, 11) is 3.79. The Balaban J connectivity index is 2.01. The van der Waals surface area contributed by atoms with Crippen LogP contribution in [-0.2, 0) is 13.0 Å². The van der Waals surface area contributed by atoms with Crippen molar-refractivity contribution in [2.24, 2.45) is 0 Å². The average molecular weight is 248 g/mol. The summed E-state index contributed by atoms with van der Waals surface area (Å²) in [6.45, 7) is 5.58. The van der Waals surface area contributed by atoms with Gasteiger partial charge in [0, 0.05) is 25.7 Å². The lowest BCUT2D eigenvalue weighted by atomic mass is 10.1. The molecule has 1 N–H and O–H groups in total. The summed E-state index contributed by atoms with van der Waals surface area (Å²) in [5.74, 6) is 1.01. The number of nitrogens with one attached hydrogen (secondary N) is 1. The molecule has 18 heavy (non-hydrogen) atoms. The second kappa shape index (κ2) is 6.21. The molecule has 0 amide bonds. The van der Waals surface area contributed by atoms with E-state index in [-0.39, 0.29) is 0 Å². The molecule has 3 heteroatoms. The highest BCUT2D eigenvalue weighted by molar-refractivity contribution is 5.37. The smallest absolute Gasteiger partial charge is 0.122 e. The van der Waals surface area contributed by atoms with Gasteiger partial charge in [0.25, 0.3) is 0 Å². The highest BCUT2D eigenvalue weighted by Crippen LogP contribution is 2.22. The number of likely N-dealkylation sites (tertiary alicyclic amines) is 1. The number of rotatable bonds is 5. The zero-order valence-electron chi connectivity index (χ0n) is 11.7. The molecule has 1 saturated heterocycles. The van der Waals surface area contributed by atoms with Crippen molar-refractivity contribution in [3.63, 3.8) is 0 Å². The normalized spacial score (nSPS) is 20.3. The van der Waals surface area contributed by atoms with Crippen molar-refractivity contribution in [1.82, 2.24) is 10.2 Å². The topological polar surface area (TPSA) is 24.5 Å². The van der Waals surface area contributed by atoms with Crippen LogP contribution < -0.4 is 10.1 Å². The van der Waals surface area contributed by atoms with Gasteiger partial charge >= 0.3 is 0 Å². The summed E-state index contributed by atoms with van der Waals surface area (Å²) in [6.07, 6.45) is 2.28. The van der Waals surface area contributed by atoms with Gasteiger partial charge in [-0.15, -0.1) is 0 Å². The van der Waals surface area contributed by atoms with E-state index in [4.69, 9.17) is 4.74 Å². The molecular formula is C15H24N2O. The third-order valence-electron chi connectivity index (χ3n) is 3.81. The molecule has 1 fully saturated rings. The standard InChI is InChI=1S/C15H24N2O/c1-4-13-9-12(5-6-15(13)18-3)10-17-8-7-14(11-17)16-2/h5-6,9,14,16H,4,7-8,10-11H2,1-3H3. The van der Waals surface area contributed by atoms with Gasteiger partial charge in [-0.05, 0) is 37.1 Å². The summed E-state index contributed by atoms with van der Waals surface area (Å²) in [6, 6.07) is 7.23. The SMILES string of the molecule is CCc1cc(CN2CCC(NC)C2)ccc1OC. The minimum atomic E-state index is 0.661. The second-order valence-corrected chi connectivity index (χ2v) is 5.01. The van der Waals surface area contributed by atoms with Crippen LogP contribution >= 0.6 is 0 Å². The fourth-order valence-electron chi connectivity index (χ4n) is 2.68. The van der Waals surface area contributed by atoms with Crippen LogP contribution in [0.25, 0.3) is 0 Å². The molecule has 0 saturated carbocycles. The van der Waals surface area contributed by atoms with Crippen LogP contribution in [0.4, 0.5) is 0 Å². The molecule has 2 rings (SSSR count). The Kier molecular flexibility index (Phi) is 4.61. The Morgan fingerprint density at radius 2 is 2.28 bits per heavy atom. The van der Waals surface area contributed by atoms with Crippen molar-refractivity contribution in [2.75, 3.05) is 27.2 Å². The fraction of sp³-hybridized carbons (Fsp3) is 0.600. The Labute approximate surface area is 110 Å². The Bertz CT molecular complexity index is 392. The lowest BCUT2D eigenvalue weighted by Gasteiger charge is -2.17. The maximum absolute atomic E-state index is 5.37. The van der Waals surface area contributed by atoms with Crippen molar-refractivity contribution >= 4 is 0 Å². The second-order valence-electron chi connectivity index (χ2n) is 5.01. The summed E-state index contributed by atoms with van der Waals surface area (Å²) < 4.78 is 5.37. The molecular weight excluding hydrogens is 224 g/mol. The first-order valence-corrected chi connectivity index (χ1v) is 6.82. The van der Waals surface area contributed by atoms with Gasteiger partial charge < -0.3 is 10.1 Å². The van der Waals surface area contributed by atoms with E-state index < -0.39 is 0 Å². The summed E-state index contributed by atoms with van der Waals surface area (Å²) in [5.41, 5.74) is 2.70. The predicted octanol–water partition coefficient (Wildman–Crippen LogP) is 2.05. The first kappa shape index (κ1) is 13.4. The van der Waals surface area contributed by atoms with Crippen molar-refractivity contribution in [1.29, 1.82) is 0 Å². The number of nitrogens with zero attached hydrogens (tertiary/aromatic N) is 1. The van der Waals surface area contributed by atoms with Gasteiger partial charge in [-0.25, -0.2) is 0 Å². The number of hydrogen-bond donors (Lipinski definition) is 1. The summed E-state index contributed by atoms with van der Waals surface area (Å²) >= 11 is 0. The molecule has 3 nitrogen and oxygen atoms in total. The first-order chi connectivity index (χ1) is 8.76. The molecule has 1 heterocycles. The van der Waals surface area contributed by atoms with Gasteiger partial charge in [-0.3, -0.25) is 4.90 Å². The molecule has 0 radical (unpaired) electrons. The molecule has 0 aliphatic carbocycles. The maximum atomic E-state index is 5.37. The van der Waals surface area contributed by atoms with E-state index in [1.165, 1.54) is 24.1 Å². The van der Waals surface area contributed by atoms with E-state index >= 15 is 0 Å². The molecule has 1 aromatic carbocycles. The zero-order valence-corrected chi connectivity index (χ0v) is 11.7. The van der Waals surface area contributed by atoms with Gasteiger partial charge in [-0.1, -0.05) is 19.1 Å². The van der Waals surface area contributed by atoms with Crippen molar-refractivity contribution in [2.45, 2.75) is 32.4 Å². The predicted molar refractivity (Wildman–Crippen MR) is 75.1 cm³/mol. The van der Waals surface area contributed by atoms with E-state index in [0.717, 1.165) is 25.3 Å². The lowest BCUT2D eigenvalue weighted by Crippen LogP contribution is -2.29. The molecule has 0 bridgehead atoms. The monoisotopic (exact) mass is 248 g/mol. The highest BCUT2D eigenvalue weighted by atomic mass is 16.5. The van der Waals surface area contributed by atoms with Crippen LogP contribution in [0.2, 0.25) is 0 Å². The van der Waals surface area contributed by atoms with Gasteiger partial charge in [0.2, 0.25) is 0 Å². The van der Waals surface area contributed by atoms with E-state index in [2.05, 4.69) is 42.4 Å². The van der Waals surface area contributed by atoms with Crippen LogP contribution in [0, 0.1) is 0 Å². The number of methoxy groups -OCH3 is 1. The van der Waals surface area contributed by atoms with Crippen molar-refractivity contribution in [3.8, 4) is 5.75 Å². The molecule has 0 aromatic heterocycles. The van der Waals surface area contributed by atoms with Crippen LogP contribution in [0.5, 0.6) is 5.75 Å². The van der Waals surface area contributed by atoms with E-state index in [1.54, 1.807) is 7.11 Å². The average Bonchev–Trinajstić information content (AvgIpc) is 2.86. The van der Waals surface area contributed by atoms with Crippen molar-refractivity contribution in [3.05, 3.63) is 29.3 Å². The molecule has 0 spiro atoms. The van der Waals surface area contributed by atoms with E-state index in [1.807, 2.05) is 0 Å². The summed E-state index contributed by atoms with van der Waals surface area (Å²) in [4.78, 5) is 2.52. The molecule has 1 aliphatic heterocycles. The minimum Gasteiger partial charge on any atom is -0.496 e. The Morgan fingerprint density at radius 1 is 1.44 bits per heavy atom. The van der Waals surface area contributed by atoms with E-state index in [9.17, 15) is 0 Å². The molecule has 1 unspecified atom stereocenters. The zero-order chi connectivity index (χ0) is 13.0. The summed E-state index contributed by atoms with van der Waals surface area (Å²) in [5, 5.41) is 3.36. The molecule has 100 valence electrons. The third-order valence-corrected chi connectivity index (χ3v) is 3.81. The quantitative estimate of drug-likeness (QED) is 0.863. The Hall–Kier alpha value is -1.06. The van der Waals surface area contributed by atoms with Gasteiger partial charge in [0.1, 0.15) is 5.75 Å². The molecule has 1 atom stereocenters. The fourth-order valence-corrected chi connectivity index (χ4v) is 2.68. The van der Waals surface area contributed by atoms with Gasteiger partial charge in [-0.2, -0.15) is 0 Å². The van der Waals surface area contributed by atoms with E-state index in [0.29, 0.717) is 6.04 Å². The van der Waals surface area contributed by atoms with Crippen LogP contribution in [-0.4, -0.2) is 38.2 Å². The third kappa shape index (κ3) is 3.03. The number of aryl methyl sites for hydroxylation is 1. The Morgan fingerprint density at radius 3 is 2.89 bits per heavy atom. The van der Waals surface area contributed by atoms with Gasteiger partial charge in [0.15, 0.2) is 0 Å².